The summed E-state index contributed by atoms with van der Waals surface area (Å²) in [4.78, 5) is 5.89. The predicted molar refractivity (Wildman–Crippen MR) is 80.7 cm³/mol. The summed E-state index contributed by atoms with van der Waals surface area (Å²) in [5.41, 5.74) is 1.39. The molecule has 1 N–H and O–H groups in total. The molecular weight excluding hydrogens is 256 g/mol. The quantitative estimate of drug-likeness (QED) is 0.895. The van der Waals surface area contributed by atoms with Crippen molar-refractivity contribution in [3.05, 3.63) is 15.6 Å². The van der Waals surface area contributed by atoms with Crippen molar-refractivity contribution in [1.29, 1.82) is 0 Å². The molecular formula is C15H26N2OS. The number of aromatic nitrogens is 1. The lowest BCUT2D eigenvalue weighted by Crippen LogP contribution is -2.61. The van der Waals surface area contributed by atoms with Crippen LogP contribution in [0.5, 0.6) is 0 Å². The smallest absolute Gasteiger partial charge is 0.0900 e. The van der Waals surface area contributed by atoms with E-state index in [4.69, 9.17) is 4.74 Å². The zero-order valence-electron chi connectivity index (χ0n) is 12.9. The molecule has 0 aliphatic heterocycles. The van der Waals surface area contributed by atoms with Crippen LogP contribution in [0.2, 0.25) is 0 Å². The Balaban J connectivity index is 1.97. The molecule has 4 heteroatoms. The summed E-state index contributed by atoms with van der Waals surface area (Å²) in [6.45, 7) is 13.9. The molecule has 1 aliphatic carbocycles. The van der Waals surface area contributed by atoms with Crippen molar-refractivity contribution in [2.75, 3.05) is 6.61 Å². The zero-order valence-corrected chi connectivity index (χ0v) is 13.7. The minimum atomic E-state index is 0.220. The predicted octanol–water partition coefficient (Wildman–Crippen LogP) is 3.61. The summed E-state index contributed by atoms with van der Waals surface area (Å²) in [5, 5.41) is 4.91. The number of aryl methyl sites for hydroxylation is 2. The van der Waals surface area contributed by atoms with Gasteiger partial charge < -0.3 is 10.1 Å². The molecule has 1 aromatic heterocycles. The minimum Gasteiger partial charge on any atom is -0.378 e. The van der Waals surface area contributed by atoms with Gasteiger partial charge >= 0.3 is 0 Å². The molecule has 0 saturated heterocycles. The first-order chi connectivity index (χ1) is 8.86. The number of hydrogen-bond acceptors (Lipinski definition) is 4. The lowest BCUT2D eigenvalue weighted by Gasteiger charge is -2.52. The van der Waals surface area contributed by atoms with Crippen molar-refractivity contribution >= 4 is 11.3 Å². The molecule has 2 rings (SSSR count). The van der Waals surface area contributed by atoms with E-state index in [1.165, 1.54) is 10.6 Å². The summed E-state index contributed by atoms with van der Waals surface area (Å²) in [7, 11) is 0. The minimum absolute atomic E-state index is 0.220. The van der Waals surface area contributed by atoms with Crippen LogP contribution < -0.4 is 5.32 Å². The van der Waals surface area contributed by atoms with Crippen LogP contribution >= 0.6 is 11.3 Å². The molecule has 1 aliphatic rings. The zero-order chi connectivity index (χ0) is 14.2. The van der Waals surface area contributed by atoms with E-state index in [0.717, 1.165) is 18.0 Å². The van der Waals surface area contributed by atoms with E-state index in [9.17, 15) is 0 Å². The summed E-state index contributed by atoms with van der Waals surface area (Å²) in [6, 6.07) is 0.902. The molecule has 0 aromatic carbocycles. The van der Waals surface area contributed by atoms with Gasteiger partial charge in [-0.3, -0.25) is 0 Å². The Labute approximate surface area is 120 Å². The summed E-state index contributed by atoms with van der Waals surface area (Å²) >= 11 is 1.81. The molecule has 1 saturated carbocycles. The monoisotopic (exact) mass is 282 g/mol. The number of thiazole rings is 1. The van der Waals surface area contributed by atoms with Gasteiger partial charge in [-0.1, -0.05) is 13.8 Å². The third-order valence-electron chi connectivity index (χ3n) is 4.33. The molecule has 0 radical (unpaired) electrons. The van der Waals surface area contributed by atoms with Crippen LogP contribution in [0.3, 0.4) is 0 Å². The highest BCUT2D eigenvalue weighted by atomic mass is 32.1. The van der Waals surface area contributed by atoms with E-state index in [-0.39, 0.29) is 5.41 Å². The van der Waals surface area contributed by atoms with E-state index >= 15 is 0 Å². The fourth-order valence-electron chi connectivity index (χ4n) is 2.98. The molecule has 0 spiro atoms. The topological polar surface area (TPSA) is 34.1 Å². The molecule has 3 unspecified atom stereocenters. The van der Waals surface area contributed by atoms with E-state index in [0.29, 0.717) is 18.2 Å². The van der Waals surface area contributed by atoms with Crippen LogP contribution in [-0.4, -0.2) is 23.7 Å². The second kappa shape index (κ2) is 5.51. The maximum atomic E-state index is 5.79. The first-order valence-electron chi connectivity index (χ1n) is 7.17. The van der Waals surface area contributed by atoms with E-state index in [1.807, 2.05) is 0 Å². The molecule has 3 nitrogen and oxygen atoms in total. The van der Waals surface area contributed by atoms with Gasteiger partial charge in [-0.2, -0.15) is 0 Å². The van der Waals surface area contributed by atoms with Crippen molar-refractivity contribution in [3.63, 3.8) is 0 Å². The van der Waals surface area contributed by atoms with Gasteiger partial charge in [-0.25, -0.2) is 4.98 Å². The average molecular weight is 282 g/mol. The lowest BCUT2D eigenvalue weighted by atomic mass is 9.64. The Bertz CT molecular complexity index is 441. The maximum absolute atomic E-state index is 5.79. The second-order valence-corrected chi connectivity index (χ2v) is 7.36. The second-order valence-electron chi connectivity index (χ2n) is 6.12. The first-order valence-corrected chi connectivity index (χ1v) is 7.99. The molecule has 108 valence electrons. The largest absolute Gasteiger partial charge is 0.378 e. The average Bonchev–Trinajstić information content (AvgIpc) is 2.67. The normalized spacial score (nSPS) is 27.1. The van der Waals surface area contributed by atoms with Gasteiger partial charge in [0.05, 0.1) is 16.8 Å². The molecule has 1 aromatic rings. The number of rotatable bonds is 5. The van der Waals surface area contributed by atoms with Crippen molar-refractivity contribution < 1.29 is 4.74 Å². The number of hydrogen-bond donors (Lipinski definition) is 1. The van der Waals surface area contributed by atoms with E-state index < -0.39 is 0 Å². The number of ether oxygens (including phenoxy) is 1. The lowest BCUT2D eigenvalue weighted by molar-refractivity contribution is -0.116. The fourth-order valence-corrected chi connectivity index (χ4v) is 3.92. The van der Waals surface area contributed by atoms with Crippen LogP contribution in [0.25, 0.3) is 0 Å². The van der Waals surface area contributed by atoms with Crippen molar-refractivity contribution in [3.8, 4) is 0 Å². The Morgan fingerprint density at radius 2 is 2.16 bits per heavy atom. The third-order valence-corrected chi connectivity index (χ3v) is 5.59. The van der Waals surface area contributed by atoms with Gasteiger partial charge in [-0.05, 0) is 34.1 Å². The fraction of sp³-hybridized carbons (Fsp3) is 0.800. The third kappa shape index (κ3) is 2.86. The van der Waals surface area contributed by atoms with Crippen molar-refractivity contribution in [1.82, 2.24) is 10.3 Å². The van der Waals surface area contributed by atoms with Crippen LogP contribution in [0, 0.1) is 19.3 Å². The van der Waals surface area contributed by atoms with Crippen molar-refractivity contribution in [2.24, 2.45) is 5.41 Å². The molecule has 0 amide bonds. The summed E-state index contributed by atoms with van der Waals surface area (Å²) in [5.74, 6) is 0. The van der Waals surface area contributed by atoms with Gasteiger partial charge in [0.1, 0.15) is 0 Å². The van der Waals surface area contributed by atoms with Crippen LogP contribution in [-0.2, 0) is 4.74 Å². The highest BCUT2D eigenvalue weighted by Crippen LogP contribution is 2.44. The standard InChI is InChI=1S/C15H26N2OS/c1-7-18-13-8-12(15(13,5)6)17-10(3)14-9(2)16-11(4)19-14/h10,12-13,17H,7-8H2,1-6H3. The van der Waals surface area contributed by atoms with Crippen LogP contribution in [0.4, 0.5) is 0 Å². The van der Waals surface area contributed by atoms with Gasteiger partial charge in [0.2, 0.25) is 0 Å². The molecule has 0 bridgehead atoms. The van der Waals surface area contributed by atoms with E-state index in [2.05, 4.69) is 51.8 Å². The Morgan fingerprint density at radius 3 is 2.63 bits per heavy atom. The van der Waals surface area contributed by atoms with Gasteiger partial charge in [0.25, 0.3) is 0 Å². The summed E-state index contributed by atoms with van der Waals surface area (Å²) < 4.78 is 5.79. The maximum Gasteiger partial charge on any atom is 0.0900 e. The molecule has 3 atom stereocenters. The van der Waals surface area contributed by atoms with Crippen molar-refractivity contribution in [2.45, 2.75) is 66.2 Å². The van der Waals surface area contributed by atoms with Crippen LogP contribution in [0.1, 0.15) is 55.7 Å². The van der Waals surface area contributed by atoms with Gasteiger partial charge in [0, 0.05) is 29.0 Å². The summed E-state index contributed by atoms with van der Waals surface area (Å²) in [6.07, 6.45) is 1.51. The Morgan fingerprint density at radius 1 is 1.47 bits per heavy atom. The highest BCUT2D eigenvalue weighted by molar-refractivity contribution is 7.11. The SMILES string of the molecule is CCOC1CC(NC(C)c2sc(C)nc2C)C1(C)C. The van der Waals surface area contributed by atoms with Gasteiger partial charge in [-0.15, -0.1) is 11.3 Å². The molecule has 1 fully saturated rings. The number of nitrogens with one attached hydrogen (secondary N) is 1. The molecule has 1 heterocycles. The first kappa shape index (κ1) is 14.9. The Kier molecular flexibility index (Phi) is 4.33. The van der Waals surface area contributed by atoms with Crippen LogP contribution in [0.15, 0.2) is 0 Å². The Hall–Kier alpha value is -0.450. The van der Waals surface area contributed by atoms with E-state index in [1.54, 1.807) is 11.3 Å². The number of nitrogens with zero attached hydrogens (tertiary/aromatic N) is 1. The van der Waals surface area contributed by atoms with Gasteiger partial charge in [0.15, 0.2) is 0 Å². The molecule has 19 heavy (non-hydrogen) atoms. The highest BCUT2D eigenvalue weighted by Gasteiger charge is 2.49.